The highest BCUT2D eigenvalue weighted by molar-refractivity contribution is 6.31. The first kappa shape index (κ1) is 19.2. The summed E-state index contributed by atoms with van der Waals surface area (Å²) in [7, 11) is 0. The lowest BCUT2D eigenvalue weighted by atomic mass is 10.2. The smallest absolute Gasteiger partial charge is 0.411 e. The van der Waals surface area contributed by atoms with E-state index < -0.39 is 29.8 Å². The second kappa shape index (κ2) is 7.23. The number of amides is 1. The van der Waals surface area contributed by atoms with E-state index in [4.69, 9.17) is 21.1 Å². The van der Waals surface area contributed by atoms with Crippen LogP contribution in [0.5, 0.6) is 5.75 Å². The number of ether oxygens (including phenoxy) is 2. The molecule has 1 aliphatic rings. The fourth-order valence-corrected chi connectivity index (χ4v) is 3.18. The molecule has 7 nitrogen and oxygen atoms in total. The Kier molecular flexibility index (Phi) is 5.15. The first-order valence-electron chi connectivity index (χ1n) is 8.57. The van der Waals surface area contributed by atoms with Gasteiger partial charge in [-0.3, -0.25) is 9.88 Å². The van der Waals surface area contributed by atoms with Crippen molar-refractivity contribution in [2.45, 2.75) is 44.9 Å². The molecule has 2 atom stereocenters. The summed E-state index contributed by atoms with van der Waals surface area (Å²) in [5.41, 5.74) is -0.0311. The van der Waals surface area contributed by atoms with E-state index in [2.05, 4.69) is 4.98 Å². The van der Waals surface area contributed by atoms with Gasteiger partial charge in [-0.2, -0.15) is 0 Å². The number of carboxylic acids is 1. The standard InChI is InChI=1S/C19H21ClN2O5/c1-19(2,3)27-18(25)22-10-12(9-15(22)17(23)24)26-16-6-7-21-14-8-11(20)4-5-13(14)16/h4-8,12,15H,9-10H2,1-3H3,(H,23,24)/t12-,15+/m1/s1. The van der Waals surface area contributed by atoms with E-state index in [1.807, 2.05) is 0 Å². The van der Waals surface area contributed by atoms with Crippen LogP contribution in [0.4, 0.5) is 4.79 Å². The minimum Gasteiger partial charge on any atom is -0.488 e. The number of rotatable bonds is 3. The highest BCUT2D eigenvalue weighted by atomic mass is 35.5. The lowest BCUT2D eigenvalue weighted by Crippen LogP contribution is -2.43. The third kappa shape index (κ3) is 4.42. The molecule has 0 unspecified atom stereocenters. The van der Waals surface area contributed by atoms with Gasteiger partial charge >= 0.3 is 12.1 Å². The van der Waals surface area contributed by atoms with Crippen molar-refractivity contribution < 1.29 is 24.2 Å². The average Bonchev–Trinajstić information content (AvgIpc) is 2.97. The first-order valence-corrected chi connectivity index (χ1v) is 8.95. The predicted molar refractivity (Wildman–Crippen MR) is 100 cm³/mol. The van der Waals surface area contributed by atoms with Crippen molar-refractivity contribution >= 4 is 34.6 Å². The van der Waals surface area contributed by atoms with Crippen LogP contribution in [0.2, 0.25) is 5.02 Å². The Hall–Kier alpha value is -2.54. The third-order valence-corrected chi connectivity index (χ3v) is 4.37. The normalized spacial score (nSPS) is 19.9. The highest BCUT2D eigenvalue weighted by Gasteiger charge is 2.42. The molecule has 2 heterocycles. The molecule has 0 radical (unpaired) electrons. The van der Waals surface area contributed by atoms with E-state index in [1.165, 1.54) is 4.90 Å². The maximum atomic E-state index is 12.4. The number of nitrogens with zero attached hydrogens (tertiary/aromatic N) is 2. The van der Waals surface area contributed by atoms with Crippen molar-refractivity contribution in [1.82, 2.24) is 9.88 Å². The van der Waals surface area contributed by atoms with Crippen molar-refractivity contribution in [3.05, 3.63) is 35.5 Å². The number of carbonyl (C=O) groups excluding carboxylic acids is 1. The molecule has 27 heavy (non-hydrogen) atoms. The predicted octanol–water partition coefficient (Wildman–Crippen LogP) is 3.73. The monoisotopic (exact) mass is 392 g/mol. The van der Waals surface area contributed by atoms with Crippen molar-refractivity contribution in [3.8, 4) is 5.75 Å². The molecular weight excluding hydrogens is 372 g/mol. The molecule has 1 N–H and O–H groups in total. The number of pyridine rings is 1. The average molecular weight is 393 g/mol. The summed E-state index contributed by atoms with van der Waals surface area (Å²) in [6.45, 7) is 5.33. The third-order valence-electron chi connectivity index (χ3n) is 4.13. The topological polar surface area (TPSA) is 89.0 Å². The molecule has 1 saturated heterocycles. The number of hydrogen-bond acceptors (Lipinski definition) is 5. The Balaban J connectivity index is 1.81. The van der Waals surface area contributed by atoms with Gasteiger partial charge < -0.3 is 14.6 Å². The van der Waals surface area contributed by atoms with E-state index in [0.29, 0.717) is 16.3 Å². The lowest BCUT2D eigenvalue weighted by molar-refractivity contribution is -0.142. The zero-order chi connectivity index (χ0) is 19.8. The maximum Gasteiger partial charge on any atom is 0.411 e. The molecule has 1 aliphatic heterocycles. The largest absolute Gasteiger partial charge is 0.488 e. The van der Waals surface area contributed by atoms with Gasteiger partial charge in [0.05, 0.1) is 12.1 Å². The number of likely N-dealkylation sites (tertiary alicyclic amines) is 1. The van der Waals surface area contributed by atoms with Gasteiger partial charge in [0.1, 0.15) is 23.5 Å². The fourth-order valence-electron chi connectivity index (χ4n) is 3.02. The van der Waals surface area contributed by atoms with E-state index >= 15 is 0 Å². The van der Waals surface area contributed by atoms with Crippen LogP contribution in [0.3, 0.4) is 0 Å². The first-order chi connectivity index (χ1) is 12.6. The number of carboxylic acid groups (broad SMARTS) is 1. The van der Waals surface area contributed by atoms with Gasteiger partial charge in [-0.25, -0.2) is 9.59 Å². The molecular formula is C19H21ClN2O5. The second-order valence-electron chi connectivity index (χ2n) is 7.43. The van der Waals surface area contributed by atoms with Gasteiger partial charge in [-0.1, -0.05) is 11.6 Å². The molecule has 1 fully saturated rings. The fraction of sp³-hybridized carbons (Fsp3) is 0.421. The van der Waals surface area contributed by atoms with Crippen molar-refractivity contribution in [1.29, 1.82) is 0 Å². The summed E-state index contributed by atoms with van der Waals surface area (Å²) in [4.78, 5) is 29.5. The van der Waals surface area contributed by atoms with E-state index in [9.17, 15) is 14.7 Å². The van der Waals surface area contributed by atoms with Gasteiger partial charge in [0.2, 0.25) is 0 Å². The molecule has 144 valence electrons. The Bertz CT molecular complexity index is 880. The molecule has 0 spiro atoms. The minimum atomic E-state index is -1.08. The molecule has 1 aromatic carbocycles. The van der Waals surface area contributed by atoms with Gasteiger partial charge in [0.15, 0.2) is 0 Å². The van der Waals surface area contributed by atoms with Crippen molar-refractivity contribution in [2.24, 2.45) is 0 Å². The summed E-state index contributed by atoms with van der Waals surface area (Å²) in [5.74, 6) is -0.518. The number of halogens is 1. The quantitative estimate of drug-likeness (QED) is 0.856. The number of aromatic nitrogens is 1. The molecule has 2 aromatic rings. The number of carbonyl (C=O) groups is 2. The van der Waals surface area contributed by atoms with Crippen LogP contribution in [0.25, 0.3) is 10.9 Å². The molecule has 0 bridgehead atoms. The van der Waals surface area contributed by atoms with Crippen LogP contribution in [0.15, 0.2) is 30.5 Å². The van der Waals surface area contributed by atoms with Crippen LogP contribution >= 0.6 is 11.6 Å². The molecule has 3 rings (SSSR count). The van der Waals surface area contributed by atoms with E-state index in [1.54, 1.807) is 51.2 Å². The Morgan fingerprint density at radius 1 is 1.30 bits per heavy atom. The van der Waals surface area contributed by atoms with Crippen LogP contribution in [0, 0.1) is 0 Å². The van der Waals surface area contributed by atoms with Gasteiger partial charge in [0, 0.05) is 23.0 Å². The number of fused-ring (bicyclic) bond motifs is 1. The SMILES string of the molecule is CC(C)(C)OC(=O)N1C[C@H](Oc2ccnc3cc(Cl)ccc23)C[C@H]1C(=O)O. The minimum absolute atomic E-state index is 0.128. The van der Waals surface area contributed by atoms with Crippen LogP contribution in [-0.4, -0.2) is 51.3 Å². The summed E-state index contributed by atoms with van der Waals surface area (Å²) in [6.07, 6.45) is 0.641. The number of aliphatic carboxylic acids is 1. The molecule has 1 aromatic heterocycles. The van der Waals surface area contributed by atoms with E-state index in [0.717, 1.165) is 5.39 Å². The zero-order valence-electron chi connectivity index (χ0n) is 15.3. The molecule has 8 heteroatoms. The van der Waals surface area contributed by atoms with Crippen molar-refractivity contribution in [3.63, 3.8) is 0 Å². The highest BCUT2D eigenvalue weighted by Crippen LogP contribution is 2.30. The second-order valence-corrected chi connectivity index (χ2v) is 7.87. The Morgan fingerprint density at radius 2 is 2.04 bits per heavy atom. The van der Waals surface area contributed by atoms with Gasteiger partial charge in [-0.05, 0) is 45.0 Å². The summed E-state index contributed by atoms with van der Waals surface area (Å²) < 4.78 is 11.4. The molecule has 0 aliphatic carbocycles. The number of hydrogen-bond donors (Lipinski definition) is 1. The van der Waals surface area contributed by atoms with E-state index in [-0.39, 0.29) is 13.0 Å². The summed E-state index contributed by atoms with van der Waals surface area (Å²) >= 11 is 6.00. The summed E-state index contributed by atoms with van der Waals surface area (Å²) in [5, 5.41) is 10.8. The van der Waals surface area contributed by atoms with Crippen molar-refractivity contribution in [2.75, 3.05) is 6.54 Å². The molecule has 1 amide bonds. The van der Waals surface area contributed by atoms with Crippen LogP contribution < -0.4 is 4.74 Å². The van der Waals surface area contributed by atoms with Gasteiger partial charge in [-0.15, -0.1) is 0 Å². The van der Waals surface area contributed by atoms with Gasteiger partial charge in [0.25, 0.3) is 0 Å². The Morgan fingerprint density at radius 3 is 2.70 bits per heavy atom. The molecule has 0 saturated carbocycles. The number of benzene rings is 1. The Labute approximate surface area is 161 Å². The lowest BCUT2D eigenvalue weighted by Gasteiger charge is -2.26. The van der Waals surface area contributed by atoms with Crippen LogP contribution in [-0.2, 0) is 9.53 Å². The zero-order valence-corrected chi connectivity index (χ0v) is 16.1. The summed E-state index contributed by atoms with van der Waals surface area (Å²) in [6, 6.07) is 5.98. The van der Waals surface area contributed by atoms with Crippen LogP contribution in [0.1, 0.15) is 27.2 Å². The maximum absolute atomic E-state index is 12.4.